The minimum absolute atomic E-state index is 0.0672. The summed E-state index contributed by atoms with van der Waals surface area (Å²) in [5.41, 5.74) is 0.680. The molecule has 0 aliphatic carbocycles. The van der Waals surface area contributed by atoms with Gasteiger partial charge in [0.2, 0.25) is 0 Å². The maximum Gasteiger partial charge on any atom is 0.253 e. The van der Waals surface area contributed by atoms with Crippen LogP contribution in [-0.2, 0) is 9.53 Å². The summed E-state index contributed by atoms with van der Waals surface area (Å²) in [5, 5.41) is 11.4. The predicted molar refractivity (Wildman–Crippen MR) is 77.2 cm³/mol. The van der Waals surface area contributed by atoms with Crippen molar-refractivity contribution in [2.24, 2.45) is 0 Å². The van der Waals surface area contributed by atoms with Crippen molar-refractivity contribution in [2.45, 2.75) is 38.4 Å². The van der Waals surface area contributed by atoms with Crippen molar-refractivity contribution in [3.8, 4) is 11.8 Å². The molecule has 5 heteroatoms. The average molecular weight is 291 g/mol. The highest BCUT2D eigenvalue weighted by Gasteiger charge is 2.28. The second-order valence-corrected chi connectivity index (χ2v) is 4.97. The smallest absolute Gasteiger partial charge is 0.253 e. The van der Waals surface area contributed by atoms with E-state index >= 15 is 0 Å². The fourth-order valence-electron chi connectivity index (χ4n) is 2.13. The summed E-state index contributed by atoms with van der Waals surface area (Å²) in [6.45, 7) is 1.86. The Morgan fingerprint density at radius 1 is 1.52 bits per heavy atom. The highest BCUT2D eigenvalue weighted by molar-refractivity contribution is 5.94. The van der Waals surface area contributed by atoms with Gasteiger partial charge in [0.25, 0.3) is 5.91 Å². The second-order valence-electron chi connectivity index (χ2n) is 4.97. The molecule has 1 aliphatic rings. The monoisotopic (exact) mass is 291 g/mol. The van der Waals surface area contributed by atoms with Crippen molar-refractivity contribution in [1.29, 1.82) is 0 Å². The van der Waals surface area contributed by atoms with Gasteiger partial charge in [-0.3, -0.25) is 4.79 Å². The maximum atomic E-state index is 13.6. The number of nitrogens with one attached hydrogen (secondary N) is 1. The van der Waals surface area contributed by atoms with E-state index in [0.29, 0.717) is 12.1 Å². The molecule has 112 valence electrons. The molecule has 1 aromatic carbocycles. The minimum Gasteiger partial charge on any atom is -0.395 e. The third kappa shape index (κ3) is 4.28. The van der Waals surface area contributed by atoms with Gasteiger partial charge < -0.3 is 15.2 Å². The van der Waals surface area contributed by atoms with Gasteiger partial charge >= 0.3 is 0 Å². The van der Waals surface area contributed by atoms with E-state index in [1.54, 1.807) is 0 Å². The molecule has 2 N–H and O–H groups in total. The van der Waals surface area contributed by atoms with Crippen LogP contribution in [0.1, 0.15) is 31.7 Å². The number of aliphatic hydroxyl groups excluding tert-OH is 1. The Bertz CT molecular complexity index is 577. The van der Waals surface area contributed by atoms with E-state index in [0.717, 1.165) is 6.42 Å². The number of carbonyl (C=O) groups excluding carboxylic acids is 1. The number of carbonyl (C=O) groups is 1. The van der Waals surface area contributed by atoms with Crippen LogP contribution in [0.4, 0.5) is 10.1 Å². The number of hydrogen-bond acceptors (Lipinski definition) is 3. The van der Waals surface area contributed by atoms with Crippen molar-refractivity contribution in [3.63, 3.8) is 0 Å². The molecule has 0 radical (unpaired) electrons. The zero-order chi connectivity index (χ0) is 15.2. The molecule has 1 aromatic rings. The second kappa shape index (κ2) is 7.21. The number of hydrogen-bond donors (Lipinski definition) is 2. The summed E-state index contributed by atoms with van der Waals surface area (Å²) >= 11 is 0. The Balaban J connectivity index is 2.05. The Hall–Kier alpha value is -1.90. The van der Waals surface area contributed by atoms with Crippen LogP contribution in [0, 0.1) is 17.7 Å². The average Bonchev–Trinajstić information content (AvgIpc) is 2.89. The first-order chi connectivity index (χ1) is 10.1. The van der Waals surface area contributed by atoms with Crippen molar-refractivity contribution < 1.29 is 19.0 Å². The molecule has 1 fully saturated rings. The third-order valence-corrected chi connectivity index (χ3v) is 3.22. The topological polar surface area (TPSA) is 58.6 Å². The molecule has 21 heavy (non-hydrogen) atoms. The maximum absolute atomic E-state index is 13.6. The third-order valence-electron chi connectivity index (χ3n) is 3.22. The standard InChI is InChI=1S/C16H18FNO3/c1-11-5-8-15(21-11)16(20)18-13-6-7-14(17)12(10-13)4-2-3-9-19/h6-7,10-11,15,19H,3,5,8-9H2,1H3,(H,18,20). The number of ether oxygens (including phenoxy) is 1. The van der Waals surface area contributed by atoms with Gasteiger partial charge in [0.15, 0.2) is 0 Å². The largest absolute Gasteiger partial charge is 0.395 e. The van der Waals surface area contributed by atoms with E-state index in [1.165, 1.54) is 18.2 Å². The van der Waals surface area contributed by atoms with Crippen LogP contribution in [0.2, 0.25) is 0 Å². The molecule has 1 amide bonds. The summed E-state index contributed by atoms with van der Waals surface area (Å²) in [6, 6.07) is 4.23. The van der Waals surface area contributed by atoms with Gasteiger partial charge in [0, 0.05) is 12.1 Å². The number of rotatable bonds is 3. The fraction of sp³-hybridized carbons (Fsp3) is 0.438. The molecule has 1 aliphatic heterocycles. The molecular formula is C16H18FNO3. The number of benzene rings is 1. The quantitative estimate of drug-likeness (QED) is 0.838. The van der Waals surface area contributed by atoms with Crippen molar-refractivity contribution in [3.05, 3.63) is 29.6 Å². The lowest BCUT2D eigenvalue weighted by Crippen LogP contribution is -2.27. The summed E-state index contributed by atoms with van der Waals surface area (Å²) < 4.78 is 19.1. The van der Waals surface area contributed by atoms with E-state index < -0.39 is 11.9 Å². The molecule has 2 unspecified atom stereocenters. The van der Waals surface area contributed by atoms with Gasteiger partial charge in [-0.15, -0.1) is 0 Å². The molecule has 2 rings (SSSR count). The van der Waals surface area contributed by atoms with Gasteiger partial charge in [0.05, 0.1) is 18.3 Å². The first-order valence-electron chi connectivity index (χ1n) is 6.95. The van der Waals surface area contributed by atoms with Gasteiger partial charge in [-0.2, -0.15) is 0 Å². The van der Waals surface area contributed by atoms with Crippen LogP contribution in [0.25, 0.3) is 0 Å². The molecule has 0 bridgehead atoms. The zero-order valence-corrected chi connectivity index (χ0v) is 11.9. The normalized spacial score (nSPS) is 20.7. The SMILES string of the molecule is CC1CCC(C(=O)Nc2ccc(F)c(C#CCCO)c2)O1. The number of halogens is 1. The first kappa shape index (κ1) is 15.5. The van der Waals surface area contributed by atoms with E-state index in [9.17, 15) is 9.18 Å². The van der Waals surface area contributed by atoms with E-state index in [2.05, 4.69) is 17.2 Å². The van der Waals surface area contributed by atoms with Crippen LogP contribution in [-0.4, -0.2) is 29.8 Å². The first-order valence-corrected chi connectivity index (χ1v) is 6.95. The van der Waals surface area contributed by atoms with Gasteiger partial charge in [0.1, 0.15) is 11.9 Å². The van der Waals surface area contributed by atoms with Crippen molar-refractivity contribution in [1.82, 2.24) is 0 Å². The molecule has 1 saturated heterocycles. The number of amides is 1. The van der Waals surface area contributed by atoms with Crippen molar-refractivity contribution >= 4 is 11.6 Å². The molecule has 0 saturated carbocycles. The summed E-state index contributed by atoms with van der Waals surface area (Å²) in [6.07, 6.45) is 1.48. The minimum atomic E-state index is -0.454. The van der Waals surface area contributed by atoms with Crippen LogP contribution < -0.4 is 5.32 Å². The van der Waals surface area contributed by atoms with Gasteiger partial charge in [-0.1, -0.05) is 11.8 Å². The van der Waals surface area contributed by atoms with Crippen LogP contribution in [0.3, 0.4) is 0 Å². The molecule has 0 spiro atoms. The molecule has 1 heterocycles. The Kier molecular flexibility index (Phi) is 5.32. The highest BCUT2D eigenvalue weighted by Crippen LogP contribution is 2.21. The van der Waals surface area contributed by atoms with E-state index in [-0.39, 0.29) is 30.6 Å². The van der Waals surface area contributed by atoms with E-state index in [1.807, 2.05) is 6.92 Å². The van der Waals surface area contributed by atoms with Crippen molar-refractivity contribution in [2.75, 3.05) is 11.9 Å². The van der Waals surface area contributed by atoms with Crippen LogP contribution >= 0.6 is 0 Å². The highest BCUT2D eigenvalue weighted by atomic mass is 19.1. The molecule has 4 nitrogen and oxygen atoms in total. The zero-order valence-electron chi connectivity index (χ0n) is 11.9. The van der Waals surface area contributed by atoms with Crippen LogP contribution in [0.5, 0.6) is 0 Å². The predicted octanol–water partition coefficient (Wildman–Crippen LogP) is 2.07. The lowest BCUT2D eigenvalue weighted by atomic mass is 10.1. The Morgan fingerprint density at radius 2 is 2.33 bits per heavy atom. The molecule has 2 atom stereocenters. The van der Waals surface area contributed by atoms with Crippen LogP contribution in [0.15, 0.2) is 18.2 Å². The molecule has 0 aromatic heterocycles. The Labute approximate surface area is 123 Å². The fourth-order valence-corrected chi connectivity index (χ4v) is 2.13. The summed E-state index contributed by atoms with van der Waals surface area (Å²) in [5.74, 6) is 4.62. The number of aliphatic hydroxyl groups is 1. The summed E-state index contributed by atoms with van der Waals surface area (Å²) in [4.78, 5) is 12.0. The summed E-state index contributed by atoms with van der Waals surface area (Å²) in [7, 11) is 0. The van der Waals surface area contributed by atoms with Gasteiger partial charge in [-0.05, 0) is 38.0 Å². The number of anilines is 1. The Morgan fingerprint density at radius 3 is 3.00 bits per heavy atom. The lowest BCUT2D eigenvalue weighted by Gasteiger charge is -2.12. The molecular weight excluding hydrogens is 273 g/mol. The van der Waals surface area contributed by atoms with Gasteiger partial charge in [-0.25, -0.2) is 4.39 Å². The lowest BCUT2D eigenvalue weighted by molar-refractivity contribution is -0.126. The van der Waals surface area contributed by atoms with E-state index in [4.69, 9.17) is 9.84 Å².